The number of benzene rings is 1. The summed E-state index contributed by atoms with van der Waals surface area (Å²) in [5.41, 5.74) is 5.10. The number of carbonyl (C=O) groups is 2. The zero-order valence-electron chi connectivity index (χ0n) is 10.4. The fourth-order valence-corrected chi connectivity index (χ4v) is 2.34. The van der Waals surface area contributed by atoms with Gasteiger partial charge in [0.2, 0.25) is 5.91 Å². The molecule has 1 aromatic heterocycles. The number of carbonyl (C=O) groups excluding carboxylic acids is 2. The molecule has 2 amide bonds. The molecular weight excluding hydrogens is 342 g/mol. The van der Waals surface area contributed by atoms with Crippen molar-refractivity contribution in [3.8, 4) is 0 Å². The first-order valence-electron chi connectivity index (χ1n) is 5.76. The lowest BCUT2D eigenvalue weighted by Gasteiger charge is -2.06. The largest absolute Gasteiger partial charge is 0.357 e. The van der Waals surface area contributed by atoms with E-state index in [-0.39, 0.29) is 17.6 Å². The second-order valence-corrected chi connectivity index (χ2v) is 5.79. The van der Waals surface area contributed by atoms with Crippen LogP contribution in [0.4, 0.5) is 0 Å². The van der Waals surface area contributed by atoms with Gasteiger partial charge in [0.25, 0.3) is 5.91 Å². The van der Waals surface area contributed by atoms with Crippen LogP contribution in [0.2, 0.25) is 0 Å². The van der Waals surface area contributed by atoms with Crippen LogP contribution >= 0.6 is 27.7 Å². The summed E-state index contributed by atoms with van der Waals surface area (Å²) in [6.07, 6.45) is 1.64. The fraction of sp³-hybridized carbons (Fsp3) is 0.0769. The van der Waals surface area contributed by atoms with Crippen molar-refractivity contribution in [3.63, 3.8) is 0 Å². The minimum atomic E-state index is -0.378. The third kappa shape index (κ3) is 4.43. The summed E-state index contributed by atoms with van der Waals surface area (Å²) in [5.74, 6) is -0.415. The molecule has 0 fully saturated rings. The van der Waals surface area contributed by atoms with Gasteiger partial charge in [-0.15, -0.1) is 11.8 Å². The van der Waals surface area contributed by atoms with E-state index in [0.717, 1.165) is 9.37 Å². The van der Waals surface area contributed by atoms with Gasteiger partial charge in [0.1, 0.15) is 5.69 Å². The first-order valence-corrected chi connectivity index (χ1v) is 7.54. The minimum absolute atomic E-state index is 0.229. The first-order chi connectivity index (χ1) is 9.65. The Morgan fingerprint density at radius 2 is 1.90 bits per heavy atom. The van der Waals surface area contributed by atoms with Crippen molar-refractivity contribution < 1.29 is 9.59 Å². The quantitative estimate of drug-likeness (QED) is 0.583. The van der Waals surface area contributed by atoms with Gasteiger partial charge in [-0.25, -0.2) is 0 Å². The highest BCUT2D eigenvalue weighted by molar-refractivity contribution is 9.10. The molecule has 104 valence electrons. The minimum Gasteiger partial charge on any atom is -0.357 e. The highest BCUT2D eigenvalue weighted by atomic mass is 79.9. The topological polar surface area (TPSA) is 74.0 Å². The molecule has 0 radical (unpaired) electrons. The number of aromatic amines is 1. The van der Waals surface area contributed by atoms with E-state index < -0.39 is 0 Å². The van der Waals surface area contributed by atoms with Gasteiger partial charge in [-0.05, 0) is 36.4 Å². The first kappa shape index (κ1) is 14.7. The summed E-state index contributed by atoms with van der Waals surface area (Å²) in [7, 11) is 0. The average Bonchev–Trinajstić information content (AvgIpc) is 2.98. The molecule has 2 rings (SSSR count). The zero-order chi connectivity index (χ0) is 14.4. The summed E-state index contributed by atoms with van der Waals surface area (Å²) in [4.78, 5) is 26.9. The molecule has 0 spiro atoms. The van der Waals surface area contributed by atoms with Gasteiger partial charge in [-0.2, -0.15) is 0 Å². The fourth-order valence-electron chi connectivity index (χ4n) is 1.38. The van der Waals surface area contributed by atoms with Gasteiger partial charge in [0.15, 0.2) is 0 Å². The van der Waals surface area contributed by atoms with Crippen molar-refractivity contribution in [2.75, 3.05) is 5.75 Å². The van der Waals surface area contributed by atoms with Crippen molar-refractivity contribution in [3.05, 3.63) is 52.8 Å². The Hall–Kier alpha value is -1.73. The van der Waals surface area contributed by atoms with Crippen molar-refractivity contribution >= 4 is 39.5 Å². The van der Waals surface area contributed by atoms with Gasteiger partial charge in [0.05, 0.1) is 5.75 Å². The number of hydrazine groups is 1. The van der Waals surface area contributed by atoms with Crippen molar-refractivity contribution in [1.29, 1.82) is 0 Å². The van der Waals surface area contributed by atoms with Gasteiger partial charge < -0.3 is 4.98 Å². The van der Waals surface area contributed by atoms with E-state index in [4.69, 9.17) is 0 Å². The zero-order valence-corrected chi connectivity index (χ0v) is 12.8. The van der Waals surface area contributed by atoms with E-state index in [0.29, 0.717) is 5.69 Å². The van der Waals surface area contributed by atoms with E-state index in [2.05, 4.69) is 31.8 Å². The molecule has 0 aliphatic heterocycles. The molecule has 0 unspecified atom stereocenters. The summed E-state index contributed by atoms with van der Waals surface area (Å²) in [6, 6.07) is 11.0. The Morgan fingerprint density at radius 1 is 1.15 bits per heavy atom. The van der Waals surface area contributed by atoms with Gasteiger partial charge in [-0.3, -0.25) is 20.4 Å². The number of hydrogen-bond donors (Lipinski definition) is 3. The number of aromatic nitrogens is 1. The maximum absolute atomic E-state index is 11.6. The normalized spacial score (nSPS) is 10.1. The summed E-state index contributed by atoms with van der Waals surface area (Å²) in [5, 5.41) is 0. The third-order valence-electron chi connectivity index (χ3n) is 2.34. The molecule has 3 N–H and O–H groups in total. The number of halogens is 1. The lowest BCUT2D eigenvalue weighted by Crippen LogP contribution is -2.42. The smallest absolute Gasteiger partial charge is 0.286 e. The van der Waals surface area contributed by atoms with Crippen LogP contribution in [-0.4, -0.2) is 22.6 Å². The Kier molecular flexibility index (Phi) is 5.25. The molecule has 0 aliphatic rings. The van der Waals surface area contributed by atoms with Crippen LogP contribution in [0, 0.1) is 0 Å². The highest BCUT2D eigenvalue weighted by Gasteiger charge is 2.07. The number of H-pyrrole nitrogens is 1. The third-order valence-corrected chi connectivity index (χ3v) is 3.88. The second-order valence-electron chi connectivity index (χ2n) is 3.83. The van der Waals surface area contributed by atoms with Crippen molar-refractivity contribution in [2.24, 2.45) is 0 Å². The van der Waals surface area contributed by atoms with E-state index in [1.807, 2.05) is 24.3 Å². The Labute approximate surface area is 128 Å². The van der Waals surface area contributed by atoms with E-state index in [1.165, 1.54) is 11.8 Å². The van der Waals surface area contributed by atoms with E-state index >= 15 is 0 Å². The molecule has 1 aromatic carbocycles. The lowest BCUT2D eigenvalue weighted by molar-refractivity contribution is -0.119. The molecule has 0 saturated heterocycles. The van der Waals surface area contributed by atoms with Crippen LogP contribution in [-0.2, 0) is 4.79 Å². The summed E-state index contributed by atoms with van der Waals surface area (Å²) in [6.45, 7) is 0. The standard InChI is InChI=1S/C13H12BrN3O2S/c14-9-3-5-10(6-4-9)20-8-12(18)16-17-13(19)11-2-1-7-15-11/h1-7,15H,8H2,(H,16,18)(H,17,19). The number of thioether (sulfide) groups is 1. The van der Waals surface area contributed by atoms with Crippen LogP contribution < -0.4 is 10.9 Å². The number of hydrogen-bond acceptors (Lipinski definition) is 3. The Bertz CT molecular complexity index is 584. The molecule has 0 bridgehead atoms. The second kappa shape index (κ2) is 7.16. The van der Waals surface area contributed by atoms with Crippen LogP contribution in [0.15, 0.2) is 52.0 Å². The van der Waals surface area contributed by atoms with E-state index in [1.54, 1.807) is 18.3 Å². The van der Waals surface area contributed by atoms with Crippen molar-refractivity contribution in [1.82, 2.24) is 15.8 Å². The average molecular weight is 354 g/mol. The number of amides is 2. The molecule has 0 aliphatic carbocycles. The number of nitrogens with one attached hydrogen (secondary N) is 3. The SMILES string of the molecule is O=C(CSc1ccc(Br)cc1)NNC(=O)c1ccc[nH]1. The number of rotatable bonds is 4. The molecule has 2 aromatic rings. The predicted octanol–water partition coefficient (Wildman–Crippen LogP) is 2.33. The molecule has 0 atom stereocenters. The van der Waals surface area contributed by atoms with Crippen LogP contribution in [0.25, 0.3) is 0 Å². The Balaban J connectivity index is 1.73. The van der Waals surface area contributed by atoms with Gasteiger partial charge >= 0.3 is 0 Å². The molecule has 1 heterocycles. The van der Waals surface area contributed by atoms with Gasteiger partial charge in [0, 0.05) is 15.6 Å². The highest BCUT2D eigenvalue weighted by Crippen LogP contribution is 2.20. The van der Waals surface area contributed by atoms with Gasteiger partial charge in [-0.1, -0.05) is 15.9 Å². The molecule has 7 heteroatoms. The maximum Gasteiger partial charge on any atom is 0.286 e. The molecule has 0 saturated carbocycles. The lowest BCUT2D eigenvalue weighted by atomic mass is 10.4. The summed E-state index contributed by atoms with van der Waals surface area (Å²) < 4.78 is 0.990. The maximum atomic E-state index is 11.6. The molecular formula is C13H12BrN3O2S. The predicted molar refractivity (Wildman–Crippen MR) is 81.3 cm³/mol. The van der Waals surface area contributed by atoms with E-state index in [9.17, 15) is 9.59 Å². The van der Waals surface area contributed by atoms with Crippen LogP contribution in [0.5, 0.6) is 0 Å². The van der Waals surface area contributed by atoms with Crippen LogP contribution in [0.3, 0.4) is 0 Å². The summed E-state index contributed by atoms with van der Waals surface area (Å²) >= 11 is 4.74. The Morgan fingerprint density at radius 3 is 2.55 bits per heavy atom. The van der Waals surface area contributed by atoms with Crippen LogP contribution in [0.1, 0.15) is 10.5 Å². The molecule has 5 nitrogen and oxygen atoms in total. The molecule has 20 heavy (non-hydrogen) atoms. The van der Waals surface area contributed by atoms with Crippen molar-refractivity contribution in [2.45, 2.75) is 4.90 Å². The monoisotopic (exact) mass is 353 g/mol.